The summed E-state index contributed by atoms with van der Waals surface area (Å²) in [5.41, 5.74) is 1.69. The fourth-order valence-electron chi connectivity index (χ4n) is 2.50. The van der Waals surface area contributed by atoms with Gasteiger partial charge in [-0.3, -0.25) is 4.68 Å². The van der Waals surface area contributed by atoms with Gasteiger partial charge in [-0.1, -0.05) is 11.6 Å². The minimum absolute atomic E-state index is 0.139. The van der Waals surface area contributed by atoms with Gasteiger partial charge in [0.1, 0.15) is 11.3 Å². The van der Waals surface area contributed by atoms with Gasteiger partial charge in [0.2, 0.25) is 0 Å². The average Bonchev–Trinajstić information content (AvgIpc) is 3.12. The summed E-state index contributed by atoms with van der Waals surface area (Å²) < 4.78 is 7.47. The molecule has 0 radical (unpaired) electrons. The molecule has 0 bridgehead atoms. The maximum atomic E-state index is 12.2. The van der Waals surface area contributed by atoms with E-state index in [0.717, 1.165) is 16.5 Å². The lowest BCUT2D eigenvalue weighted by atomic mass is 10.2. The predicted molar refractivity (Wildman–Crippen MR) is 92.9 cm³/mol. The van der Waals surface area contributed by atoms with Crippen molar-refractivity contribution in [1.29, 1.82) is 0 Å². The third-order valence-corrected chi connectivity index (χ3v) is 4.08. The van der Waals surface area contributed by atoms with E-state index in [-0.39, 0.29) is 18.1 Å². The molecule has 3 rings (SSSR count). The Morgan fingerprint density at radius 1 is 1.25 bits per heavy atom. The molecule has 2 N–H and O–H groups in total. The Balaban J connectivity index is 1.64. The zero-order valence-corrected chi connectivity index (χ0v) is 14.5. The molecule has 2 heterocycles. The minimum atomic E-state index is -0.266. The number of benzene rings is 1. The van der Waals surface area contributed by atoms with Crippen LogP contribution in [0.4, 0.5) is 4.79 Å². The molecule has 1 aromatic carbocycles. The van der Waals surface area contributed by atoms with Crippen LogP contribution in [0.1, 0.15) is 37.3 Å². The summed E-state index contributed by atoms with van der Waals surface area (Å²) in [4.78, 5) is 12.2. The van der Waals surface area contributed by atoms with E-state index in [1.54, 1.807) is 16.9 Å². The second-order valence-corrected chi connectivity index (χ2v) is 6.28. The molecule has 6 nitrogen and oxygen atoms in total. The maximum absolute atomic E-state index is 12.2. The fraction of sp³-hybridized carbons (Fsp3) is 0.294. The van der Waals surface area contributed by atoms with Crippen LogP contribution >= 0.6 is 11.6 Å². The summed E-state index contributed by atoms with van der Waals surface area (Å²) >= 11 is 5.98. The number of aryl methyl sites for hydroxylation is 1. The molecule has 0 aliphatic carbocycles. The molecular formula is C17H19ClN4O2. The first-order valence-corrected chi connectivity index (χ1v) is 8.05. The lowest BCUT2D eigenvalue weighted by Gasteiger charge is -2.16. The highest BCUT2D eigenvalue weighted by molar-refractivity contribution is 6.31. The van der Waals surface area contributed by atoms with Crippen LogP contribution in [-0.2, 0) is 7.05 Å². The van der Waals surface area contributed by atoms with Gasteiger partial charge in [0, 0.05) is 29.2 Å². The van der Waals surface area contributed by atoms with Gasteiger partial charge in [0.05, 0.1) is 18.3 Å². The van der Waals surface area contributed by atoms with Crippen LogP contribution in [0.2, 0.25) is 5.02 Å². The van der Waals surface area contributed by atoms with E-state index < -0.39 is 0 Å². The zero-order valence-electron chi connectivity index (χ0n) is 13.7. The number of carbonyl (C=O) groups is 1. The second-order valence-electron chi connectivity index (χ2n) is 5.84. The van der Waals surface area contributed by atoms with E-state index in [2.05, 4.69) is 15.7 Å². The first-order chi connectivity index (χ1) is 11.4. The normalized spacial score (nSPS) is 13.7. The smallest absolute Gasteiger partial charge is 0.315 e. The summed E-state index contributed by atoms with van der Waals surface area (Å²) in [5, 5.41) is 11.4. The van der Waals surface area contributed by atoms with Gasteiger partial charge in [-0.2, -0.15) is 5.10 Å². The number of fused-ring (bicyclic) bond motifs is 1. The number of nitrogens with zero attached hydrogens (tertiary/aromatic N) is 2. The first kappa shape index (κ1) is 16.4. The monoisotopic (exact) mass is 346 g/mol. The molecule has 0 saturated heterocycles. The topological polar surface area (TPSA) is 72.1 Å². The number of hydrogen-bond donors (Lipinski definition) is 2. The van der Waals surface area contributed by atoms with Gasteiger partial charge in [-0.05, 0) is 38.1 Å². The second kappa shape index (κ2) is 6.57. The number of urea groups is 1. The van der Waals surface area contributed by atoms with Gasteiger partial charge in [0.25, 0.3) is 0 Å². The predicted octanol–water partition coefficient (Wildman–Crippen LogP) is 3.94. The van der Waals surface area contributed by atoms with Crippen LogP contribution in [0.3, 0.4) is 0 Å². The maximum Gasteiger partial charge on any atom is 0.315 e. The molecule has 0 fully saturated rings. The molecule has 0 spiro atoms. The van der Waals surface area contributed by atoms with Crippen LogP contribution in [0.5, 0.6) is 0 Å². The third kappa shape index (κ3) is 3.54. The Labute approximate surface area is 144 Å². The summed E-state index contributed by atoms with van der Waals surface area (Å²) in [7, 11) is 1.84. The van der Waals surface area contributed by atoms with Crippen molar-refractivity contribution < 1.29 is 9.21 Å². The quantitative estimate of drug-likeness (QED) is 0.751. The minimum Gasteiger partial charge on any atom is -0.459 e. The van der Waals surface area contributed by atoms with Gasteiger partial charge < -0.3 is 15.1 Å². The van der Waals surface area contributed by atoms with E-state index >= 15 is 0 Å². The van der Waals surface area contributed by atoms with E-state index in [0.29, 0.717) is 10.8 Å². The van der Waals surface area contributed by atoms with Crippen molar-refractivity contribution in [1.82, 2.24) is 20.4 Å². The van der Waals surface area contributed by atoms with Crippen LogP contribution in [0, 0.1) is 0 Å². The fourth-order valence-corrected chi connectivity index (χ4v) is 2.68. The van der Waals surface area contributed by atoms with Crippen LogP contribution in [0.25, 0.3) is 11.0 Å². The van der Waals surface area contributed by atoms with Crippen molar-refractivity contribution in [2.75, 3.05) is 0 Å². The van der Waals surface area contributed by atoms with Gasteiger partial charge >= 0.3 is 6.03 Å². The highest BCUT2D eigenvalue weighted by Gasteiger charge is 2.16. The number of furan rings is 1. The molecule has 24 heavy (non-hydrogen) atoms. The zero-order chi connectivity index (χ0) is 17.3. The third-order valence-electron chi connectivity index (χ3n) is 3.84. The Bertz CT molecular complexity index is 870. The van der Waals surface area contributed by atoms with Crippen molar-refractivity contribution in [3.63, 3.8) is 0 Å². The van der Waals surface area contributed by atoms with Gasteiger partial charge in [0.15, 0.2) is 0 Å². The molecule has 0 unspecified atom stereocenters. The molecule has 0 aliphatic rings. The summed E-state index contributed by atoms with van der Waals surface area (Å²) in [6.07, 6.45) is 3.61. The largest absolute Gasteiger partial charge is 0.459 e. The summed E-state index contributed by atoms with van der Waals surface area (Å²) in [6, 6.07) is 6.64. The Morgan fingerprint density at radius 3 is 2.71 bits per heavy atom. The van der Waals surface area contributed by atoms with E-state index in [1.807, 2.05) is 45.3 Å². The van der Waals surface area contributed by atoms with Crippen molar-refractivity contribution in [2.45, 2.75) is 25.9 Å². The van der Waals surface area contributed by atoms with Gasteiger partial charge in [-0.15, -0.1) is 0 Å². The Hall–Kier alpha value is -2.47. The van der Waals surface area contributed by atoms with Crippen molar-refractivity contribution in [3.8, 4) is 0 Å². The van der Waals surface area contributed by atoms with Crippen molar-refractivity contribution in [2.24, 2.45) is 7.05 Å². The molecule has 0 aliphatic heterocycles. The lowest BCUT2D eigenvalue weighted by Crippen LogP contribution is -2.38. The number of hydrogen-bond acceptors (Lipinski definition) is 3. The molecule has 2 amide bonds. The van der Waals surface area contributed by atoms with Crippen LogP contribution < -0.4 is 10.6 Å². The average molecular weight is 347 g/mol. The number of carbonyl (C=O) groups excluding carboxylic acids is 1. The standard InChI is InChI=1S/C17H19ClN4O2/c1-10(13-8-19-22(3)9-13)20-17(23)21-11(2)16-7-12-6-14(18)4-5-15(12)24-16/h4-11H,1-3H3,(H2,20,21,23)/t10-,11-/m0/s1. The number of rotatable bonds is 4. The molecule has 7 heteroatoms. The number of halogens is 1. The van der Waals surface area contributed by atoms with Crippen molar-refractivity contribution in [3.05, 3.63) is 53.0 Å². The lowest BCUT2D eigenvalue weighted by molar-refractivity contribution is 0.233. The summed E-state index contributed by atoms with van der Waals surface area (Å²) in [6.45, 7) is 3.78. The highest BCUT2D eigenvalue weighted by Crippen LogP contribution is 2.26. The molecule has 0 saturated carbocycles. The Kier molecular flexibility index (Phi) is 4.49. The number of aromatic nitrogens is 2. The SMILES string of the molecule is C[C@H](NC(=O)N[C@@H](C)c1cc2cc(Cl)ccc2o1)c1cnn(C)c1. The van der Waals surface area contributed by atoms with Gasteiger partial charge in [-0.25, -0.2) is 4.79 Å². The first-order valence-electron chi connectivity index (χ1n) is 7.67. The number of amides is 2. The molecule has 3 aromatic rings. The molecular weight excluding hydrogens is 328 g/mol. The van der Waals surface area contributed by atoms with E-state index in [1.165, 1.54) is 0 Å². The number of nitrogens with one attached hydrogen (secondary N) is 2. The Morgan fingerprint density at radius 2 is 2.00 bits per heavy atom. The van der Waals surface area contributed by atoms with Crippen LogP contribution in [-0.4, -0.2) is 15.8 Å². The summed E-state index contributed by atoms with van der Waals surface area (Å²) in [5.74, 6) is 0.677. The van der Waals surface area contributed by atoms with Crippen molar-refractivity contribution >= 4 is 28.6 Å². The molecule has 126 valence electrons. The molecule has 2 atom stereocenters. The highest BCUT2D eigenvalue weighted by atomic mass is 35.5. The molecule has 2 aromatic heterocycles. The van der Waals surface area contributed by atoms with Crippen LogP contribution in [0.15, 0.2) is 41.1 Å². The van der Waals surface area contributed by atoms with E-state index in [9.17, 15) is 4.79 Å². The van der Waals surface area contributed by atoms with E-state index in [4.69, 9.17) is 16.0 Å².